The molecule has 1 fully saturated rings. The summed E-state index contributed by atoms with van der Waals surface area (Å²) in [5.41, 5.74) is 0. The lowest BCUT2D eigenvalue weighted by Gasteiger charge is -2.08. The Balaban J connectivity index is 2.14. The number of aldehydes is 1. The van der Waals surface area contributed by atoms with E-state index in [4.69, 9.17) is 4.42 Å². The Morgan fingerprint density at radius 1 is 1.62 bits per heavy atom. The fourth-order valence-corrected chi connectivity index (χ4v) is 1.99. The molecule has 1 saturated carbocycles. The smallest absolute Gasteiger partial charge is 0.169 e. The summed E-state index contributed by atoms with van der Waals surface area (Å²) >= 11 is 3.27. The van der Waals surface area contributed by atoms with Crippen molar-refractivity contribution in [1.82, 2.24) is 0 Å². The molecule has 3 heteroatoms. The van der Waals surface area contributed by atoms with Crippen LogP contribution in [0, 0.1) is 5.92 Å². The minimum Gasteiger partial charge on any atom is -0.454 e. The maximum atomic E-state index is 10.5. The molecule has 2 nitrogen and oxygen atoms in total. The van der Waals surface area contributed by atoms with Gasteiger partial charge in [0.15, 0.2) is 4.67 Å². The highest BCUT2D eigenvalue weighted by Gasteiger charge is 2.33. The lowest BCUT2D eigenvalue weighted by molar-refractivity contribution is -0.108. The molecule has 0 amide bonds. The number of carbonyl (C=O) groups is 1. The summed E-state index contributed by atoms with van der Waals surface area (Å²) in [6.07, 6.45) is 4.04. The van der Waals surface area contributed by atoms with Crippen molar-refractivity contribution in [1.29, 1.82) is 0 Å². The third-order valence-electron chi connectivity index (χ3n) is 2.50. The van der Waals surface area contributed by atoms with Gasteiger partial charge in [0.05, 0.1) is 0 Å². The van der Waals surface area contributed by atoms with Gasteiger partial charge in [-0.05, 0) is 46.8 Å². The molecule has 13 heavy (non-hydrogen) atoms. The summed E-state index contributed by atoms with van der Waals surface area (Å²) in [6, 6.07) is 3.84. The molecular formula is C10H11BrO2. The second-order valence-electron chi connectivity index (χ2n) is 3.49. The van der Waals surface area contributed by atoms with Crippen molar-refractivity contribution in [2.45, 2.75) is 25.2 Å². The number of halogens is 1. The van der Waals surface area contributed by atoms with Crippen LogP contribution in [0.1, 0.15) is 30.9 Å². The lowest BCUT2D eigenvalue weighted by atomic mass is 9.98. The van der Waals surface area contributed by atoms with Crippen LogP contribution in [0.2, 0.25) is 0 Å². The first-order valence-corrected chi connectivity index (χ1v) is 5.29. The molecule has 2 rings (SSSR count). The average molecular weight is 243 g/mol. The summed E-state index contributed by atoms with van der Waals surface area (Å²) in [5.74, 6) is 1.92. The van der Waals surface area contributed by atoms with Gasteiger partial charge in [-0.15, -0.1) is 0 Å². The molecule has 0 aromatic carbocycles. The van der Waals surface area contributed by atoms with Crippen molar-refractivity contribution in [3.05, 3.63) is 22.6 Å². The second kappa shape index (κ2) is 3.66. The first-order valence-electron chi connectivity index (χ1n) is 4.50. The van der Waals surface area contributed by atoms with Gasteiger partial charge < -0.3 is 9.21 Å². The predicted molar refractivity (Wildman–Crippen MR) is 52.6 cm³/mol. The monoisotopic (exact) mass is 242 g/mol. The third kappa shape index (κ3) is 2.02. The minimum absolute atomic E-state index is 0.309. The van der Waals surface area contributed by atoms with Crippen molar-refractivity contribution in [2.75, 3.05) is 0 Å². The van der Waals surface area contributed by atoms with Gasteiger partial charge in [-0.3, -0.25) is 0 Å². The molecule has 0 radical (unpaired) electrons. The normalized spacial score (nSPS) is 18.5. The zero-order chi connectivity index (χ0) is 9.26. The summed E-state index contributed by atoms with van der Waals surface area (Å²) in [6.45, 7) is 0. The first-order chi connectivity index (χ1) is 6.31. The molecule has 1 unspecified atom stereocenters. The van der Waals surface area contributed by atoms with E-state index in [1.807, 2.05) is 12.1 Å². The summed E-state index contributed by atoms with van der Waals surface area (Å²) < 4.78 is 6.21. The van der Waals surface area contributed by atoms with E-state index in [1.165, 1.54) is 12.8 Å². The van der Waals surface area contributed by atoms with Gasteiger partial charge in [0, 0.05) is 12.3 Å². The van der Waals surface area contributed by atoms with Crippen LogP contribution in [0.5, 0.6) is 0 Å². The van der Waals surface area contributed by atoms with E-state index in [2.05, 4.69) is 15.9 Å². The number of hydrogen-bond donors (Lipinski definition) is 0. The Bertz CT molecular complexity index is 302. The van der Waals surface area contributed by atoms with E-state index in [9.17, 15) is 4.79 Å². The summed E-state index contributed by atoms with van der Waals surface area (Å²) in [7, 11) is 0. The number of rotatable bonds is 4. The van der Waals surface area contributed by atoms with Crippen LogP contribution in [-0.2, 0) is 4.79 Å². The van der Waals surface area contributed by atoms with Crippen molar-refractivity contribution < 1.29 is 9.21 Å². The Kier molecular flexibility index (Phi) is 2.54. The van der Waals surface area contributed by atoms with E-state index < -0.39 is 0 Å². The minimum atomic E-state index is 0.309. The zero-order valence-corrected chi connectivity index (χ0v) is 8.79. The van der Waals surface area contributed by atoms with Crippen molar-refractivity contribution in [3.8, 4) is 0 Å². The van der Waals surface area contributed by atoms with Crippen LogP contribution in [0.25, 0.3) is 0 Å². The van der Waals surface area contributed by atoms with Gasteiger partial charge in [0.1, 0.15) is 12.0 Å². The molecule has 0 saturated heterocycles. The molecule has 1 aliphatic carbocycles. The van der Waals surface area contributed by atoms with Gasteiger partial charge in [-0.1, -0.05) is 0 Å². The number of furan rings is 1. The Labute approximate surface area is 85.4 Å². The standard InChI is InChI=1S/C10H11BrO2/c11-10-4-3-9(13-10)8(5-6-12)7-1-2-7/h3-4,6-8H,1-2,5H2. The van der Waals surface area contributed by atoms with E-state index in [0.717, 1.165) is 16.7 Å². The van der Waals surface area contributed by atoms with Crippen LogP contribution in [0.15, 0.2) is 21.2 Å². The average Bonchev–Trinajstić information content (AvgIpc) is 2.85. The molecule has 0 aliphatic heterocycles. The first kappa shape index (κ1) is 9.00. The Morgan fingerprint density at radius 3 is 2.85 bits per heavy atom. The molecular weight excluding hydrogens is 232 g/mol. The highest BCUT2D eigenvalue weighted by molar-refractivity contribution is 9.10. The molecule has 0 spiro atoms. The van der Waals surface area contributed by atoms with E-state index in [1.54, 1.807) is 0 Å². The maximum absolute atomic E-state index is 10.5. The van der Waals surface area contributed by atoms with Gasteiger partial charge in [-0.2, -0.15) is 0 Å². The Morgan fingerprint density at radius 2 is 2.38 bits per heavy atom. The summed E-state index contributed by atoms with van der Waals surface area (Å²) in [5, 5.41) is 0. The van der Waals surface area contributed by atoms with Crippen LogP contribution in [0.3, 0.4) is 0 Å². The SMILES string of the molecule is O=CCC(c1ccc(Br)o1)C1CC1. The number of hydrogen-bond acceptors (Lipinski definition) is 2. The topological polar surface area (TPSA) is 30.2 Å². The predicted octanol–water partition coefficient (Wildman–Crippen LogP) is 3.12. The van der Waals surface area contributed by atoms with E-state index in [-0.39, 0.29) is 0 Å². The quantitative estimate of drug-likeness (QED) is 0.760. The number of carbonyl (C=O) groups excluding carboxylic acids is 1. The molecule has 0 bridgehead atoms. The second-order valence-corrected chi connectivity index (χ2v) is 4.27. The van der Waals surface area contributed by atoms with Crippen LogP contribution < -0.4 is 0 Å². The third-order valence-corrected chi connectivity index (χ3v) is 2.93. The van der Waals surface area contributed by atoms with Crippen molar-refractivity contribution in [2.24, 2.45) is 5.92 Å². The molecule has 1 atom stereocenters. The summed E-state index contributed by atoms with van der Waals surface area (Å²) in [4.78, 5) is 10.5. The molecule has 70 valence electrons. The van der Waals surface area contributed by atoms with Crippen molar-refractivity contribution >= 4 is 22.2 Å². The van der Waals surface area contributed by atoms with Crippen LogP contribution in [-0.4, -0.2) is 6.29 Å². The fourth-order valence-electron chi connectivity index (χ4n) is 1.67. The van der Waals surface area contributed by atoms with E-state index >= 15 is 0 Å². The highest BCUT2D eigenvalue weighted by Crippen LogP contribution is 2.44. The van der Waals surface area contributed by atoms with Gasteiger partial charge in [0.2, 0.25) is 0 Å². The lowest BCUT2D eigenvalue weighted by Crippen LogP contribution is -2.00. The molecule has 1 aliphatic rings. The molecule has 1 aromatic rings. The van der Waals surface area contributed by atoms with Gasteiger partial charge in [-0.25, -0.2) is 0 Å². The molecule has 1 heterocycles. The molecule has 1 aromatic heterocycles. The van der Waals surface area contributed by atoms with Crippen LogP contribution in [0.4, 0.5) is 0 Å². The zero-order valence-electron chi connectivity index (χ0n) is 7.20. The highest BCUT2D eigenvalue weighted by atomic mass is 79.9. The van der Waals surface area contributed by atoms with Gasteiger partial charge >= 0.3 is 0 Å². The van der Waals surface area contributed by atoms with Crippen LogP contribution >= 0.6 is 15.9 Å². The Hall–Kier alpha value is -0.570. The fraction of sp³-hybridized carbons (Fsp3) is 0.500. The largest absolute Gasteiger partial charge is 0.454 e. The maximum Gasteiger partial charge on any atom is 0.169 e. The van der Waals surface area contributed by atoms with E-state index in [0.29, 0.717) is 18.3 Å². The van der Waals surface area contributed by atoms with Crippen molar-refractivity contribution in [3.63, 3.8) is 0 Å². The van der Waals surface area contributed by atoms with Gasteiger partial charge in [0.25, 0.3) is 0 Å². The molecule has 0 N–H and O–H groups in total.